The molecule has 0 fully saturated rings. The number of allylic oxidation sites excluding steroid dienone is 4. The molecule has 0 aliphatic rings. The largest absolute Gasteiger partial charge is 0.273 e. The summed E-state index contributed by atoms with van der Waals surface area (Å²) in [5, 5.41) is 0. The van der Waals surface area contributed by atoms with Gasteiger partial charge < -0.3 is 0 Å². The van der Waals surface area contributed by atoms with Crippen molar-refractivity contribution in [2.24, 2.45) is 0 Å². The van der Waals surface area contributed by atoms with Crippen molar-refractivity contribution in [3.63, 3.8) is 0 Å². The van der Waals surface area contributed by atoms with Crippen LogP contribution in [0.25, 0.3) is 0 Å². The number of amides is 2. The molecule has 0 aliphatic carbocycles. The molecule has 0 saturated carbocycles. The Morgan fingerprint density at radius 1 is 0.378 bits per heavy atom. The Morgan fingerprint density at radius 3 is 0.911 bits per heavy atom. The number of hydrogen-bond donors (Lipinski definition) is 2. The third-order valence-corrected chi connectivity index (χ3v) is 8.66. The Morgan fingerprint density at radius 2 is 0.622 bits per heavy atom. The summed E-state index contributed by atoms with van der Waals surface area (Å²) in [6.45, 7) is 4.55. The highest BCUT2D eigenvalue weighted by Crippen LogP contribution is 2.13. The highest BCUT2D eigenvalue weighted by Gasteiger charge is 2.04. The molecule has 0 saturated heterocycles. The van der Waals surface area contributed by atoms with Gasteiger partial charge in [-0.15, -0.1) is 0 Å². The summed E-state index contributed by atoms with van der Waals surface area (Å²) >= 11 is 0. The van der Waals surface area contributed by atoms with E-state index in [-0.39, 0.29) is 11.8 Å². The number of nitrogens with one attached hydrogen (secondary N) is 2. The van der Waals surface area contributed by atoms with Crippen molar-refractivity contribution in [2.75, 3.05) is 0 Å². The minimum atomic E-state index is -0.175. The van der Waals surface area contributed by atoms with Gasteiger partial charge >= 0.3 is 0 Å². The Labute approximate surface area is 280 Å². The summed E-state index contributed by atoms with van der Waals surface area (Å²) in [6, 6.07) is 0. The lowest BCUT2D eigenvalue weighted by Crippen LogP contribution is -2.34. The zero-order valence-electron chi connectivity index (χ0n) is 30.2. The van der Waals surface area contributed by atoms with Gasteiger partial charge in [0.25, 0.3) is 0 Å². The molecule has 5 heteroatoms. The van der Waals surface area contributed by atoms with Gasteiger partial charge in [0.1, 0.15) is 0 Å². The number of unbranched alkanes of at least 4 members (excludes halogenated alkanes) is 26. The minimum absolute atomic E-state index is 0.175. The van der Waals surface area contributed by atoms with Crippen molar-refractivity contribution >= 4 is 11.8 Å². The van der Waals surface area contributed by atoms with E-state index >= 15 is 0 Å². The maximum absolute atomic E-state index is 11.9. The van der Waals surface area contributed by atoms with E-state index < -0.39 is 0 Å². The van der Waals surface area contributed by atoms with Crippen molar-refractivity contribution < 1.29 is 14.5 Å². The molecule has 45 heavy (non-hydrogen) atoms. The number of carbonyl (C=O) groups excluding carboxylic acids is 2. The predicted octanol–water partition coefficient (Wildman–Crippen LogP) is 12.7. The summed E-state index contributed by atoms with van der Waals surface area (Å²) < 4.78 is 0. The van der Waals surface area contributed by atoms with Gasteiger partial charge in [-0.25, -0.2) is 11.0 Å². The van der Waals surface area contributed by atoms with Gasteiger partial charge in [0.15, 0.2) is 0 Å². The quantitative estimate of drug-likeness (QED) is 0.0410. The van der Waals surface area contributed by atoms with Crippen LogP contribution in [0.5, 0.6) is 0 Å². The van der Waals surface area contributed by atoms with Crippen molar-refractivity contribution in [1.82, 2.24) is 11.0 Å². The van der Waals surface area contributed by atoms with Gasteiger partial charge in [0, 0.05) is 12.8 Å². The van der Waals surface area contributed by atoms with Crippen LogP contribution in [-0.4, -0.2) is 11.8 Å². The molecular formula is C40H76N2O3. The second-order valence-corrected chi connectivity index (χ2v) is 13.2. The fourth-order valence-corrected chi connectivity index (χ4v) is 5.66. The summed E-state index contributed by atoms with van der Waals surface area (Å²) in [6.07, 6.45) is 48.2. The van der Waals surface area contributed by atoms with Gasteiger partial charge in [-0.3, -0.25) is 9.59 Å². The molecule has 2 N–H and O–H groups in total. The lowest BCUT2D eigenvalue weighted by atomic mass is 10.1. The summed E-state index contributed by atoms with van der Waals surface area (Å²) in [7, 11) is 0. The third-order valence-electron chi connectivity index (χ3n) is 8.66. The fraction of sp³-hybridized carbons (Fsp3) is 0.850. The lowest BCUT2D eigenvalue weighted by Gasteiger charge is -2.07. The zero-order chi connectivity index (χ0) is 32.7. The van der Waals surface area contributed by atoms with Crippen molar-refractivity contribution in [3.8, 4) is 0 Å². The van der Waals surface area contributed by atoms with E-state index in [2.05, 4.69) is 49.1 Å². The zero-order valence-corrected chi connectivity index (χ0v) is 30.2. The van der Waals surface area contributed by atoms with Crippen LogP contribution in [0.3, 0.4) is 0 Å². The van der Waals surface area contributed by atoms with Crippen LogP contribution in [0.1, 0.15) is 219 Å². The normalized spacial score (nSPS) is 11.6. The minimum Gasteiger partial charge on any atom is -0.273 e. The van der Waals surface area contributed by atoms with E-state index in [1.807, 2.05) is 0 Å². The van der Waals surface area contributed by atoms with Crippen LogP contribution in [0, 0.1) is 0 Å². The first-order chi connectivity index (χ1) is 22.2. The number of hydrogen-bond acceptors (Lipinski definition) is 3. The van der Waals surface area contributed by atoms with Gasteiger partial charge in [0.05, 0.1) is 0 Å². The SMILES string of the molecule is CCCCCCCCCCC=CCCCCCCCC(=O)NONC(=O)CCCCCCC/C=C\CCCCCCCCCC. The summed E-state index contributed by atoms with van der Waals surface area (Å²) in [5.41, 5.74) is 4.68. The number of hydroxylamine groups is 2. The van der Waals surface area contributed by atoms with Crippen molar-refractivity contribution in [1.29, 1.82) is 0 Å². The molecule has 0 spiro atoms. The number of carbonyl (C=O) groups is 2. The Bertz CT molecular complexity index is 620. The highest BCUT2D eigenvalue weighted by molar-refractivity contribution is 5.76. The second-order valence-electron chi connectivity index (χ2n) is 13.2. The van der Waals surface area contributed by atoms with Crippen LogP contribution >= 0.6 is 0 Å². The molecule has 0 bridgehead atoms. The van der Waals surface area contributed by atoms with E-state index in [0.29, 0.717) is 12.8 Å². The van der Waals surface area contributed by atoms with Gasteiger partial charge in [0.2, 0.25) is 11.8 Å². The topological polar surface area (TPSA) is 67.4 Å². The van der Waals surface area contributed by atoms with E-state index in [0.717, 1.165) is 38.5 Å². The summed E-state index contributed by atoms with van der Waals surface area (Å²) in [4.78, 5) is 28.7. The van der Waals surface area contributed by atoms with Crippen LogP contribution in [-0.2, 0) is 14.5 Å². The molecule has 5 nitrogen and oxygen atoms in total. The maximum atomic E-state index is 11.9. The second kappa shape index (κ2) is 38.6. The first-order valence-corrected chi connectivity index (χ1v) is 19.7. The fourth-order valence-electron chi connectivity index (χ4n) is 5.66. The average Bonchev–Trinajstić information content (AvgIpc) is 3.04. The van der Waals surface area contributed by atoms with Crippen LogP contribution < -0.4 is 11.0 Å². The van der Waals surface area contributed by atoms with Gasteiger partial charge in [-0.1, -0.05) is 167 Å². The lowest BCUT2D eigenvalue weighted by molar-refractivity contribution is -0.151. The average molecular weight is 633 g/mol. The molecule has 0 unspecified atom stereocenters. The first-order valence-electron chi connectivity index (χ1n) is 19.7. The van der Waals surface area contributed by atoms with Crippen LogP contribution in [0.4, 0.5) is 0 Å². The van der Waals surface area contributed by atoms with E-state index in [9.17, 15) is 9.59 Å². The summed E-state index contributed by atoms with van der Waals surface area (Å²) in [5.74, 6) is -0.350. The van der Waals surface area contributed by atoms with Crippen molar-refractivity contribution in [3.05, 3.63) is 24.3 Å². The maximum Gasteiger partial charge on any atom is 0.245 e. The Hall–Kier alpha value is -1.62. The smallest absolute Gasteiger partial charge is 0.245 e. The van der Waals surface area contributed by atoms with E-state index in [1.165, 1.54) is 154 Å². The van der Waals surface area contributed by atoms with Gasteiger partial charge in [-0.05, 0) is 64.2 Å². The molecular weight excluding hydrogens is 556 g/mol. The van der Waals surface area contributed by atoms with Crippen LogP contribution in [0.15, 0.2) is 24.3 Å². The molecule has 0 heterocycles. The molecule has 0 rings (SSSR count). The van der Waals surface area contributed by atoms with E-state index in [1.54, 1.807) is 0 Å². The van der Waals surface area contributed by atoms with Crippen LogP contribution in [0.2, 0.25) is 0 Å². The molecule has 2 amide bonds. The Balaban J connectivity index is 3.34. The Kier molecular flexibility index (Phi) is 37.2. The highest BCUT2D eigenvalue weighted by atomic mass is 16.8. The van der Waals surface area contributed by atoms with Gasteiger partial charge in [-0.2, -0.15) is 4.94 Å². The first kappa shape index (κ1) is 43.4. The molecule has 0 aromatic rings. The third kappa shape index (κ3) is 38.5. The molecule has 0 aromatic carbocycles. The molecule has 0 radical (unpaired) electrons. The number of rotatable bonds is 36. The van der Waals surface area contributed by atoms with E-state index in [4.69, 9.17) is 4.94 Å². The monoisotopic (exact) mass is 633 g/mol. The standard InChI is InChI=1S/C40H76N2O3/c1-3-5-7-9-11-13-15-17-19-21-23-25-27-29-31-33-35-37-39(43)41-45-42-40(44)38-36-34-32-30-28-26-24-22-20-18-16-14-12-10-8-6-4-2/h21-24H,3-20,25-38H2,1-2H3,(H,41,43)(H,42,44)/b23-21-,24-22?. The molecule has 0 aromatic heterocycles. The molecule has 264 valence electrons. The molecule has 0 aliphatic heterocycles. The molecule has 0 atom stereocenters. The van der Waals surface area contributed by atoms with Crippen molar-refractivity contribution in [2.45, 2.75) is 219 Å². The predicted molar refractivity (Wildman–Crippen MR) is 195 cm³/mol.